The van der Waals surface area contributed by atoms with E-state index in [2.05, 4.69) is 6.58 Å². The third-order valence-corrected chi connectivity index (χ3v) is 2.68. The molecule has 0 unspecified atom stereocenters. The van der Waals surface area contributed by atoms with E-state index in [4.69, 9.17) is 5.11 Å². The van der Waals surface area contributed by atoms with Crippen LogP contribution in [-0.2, 0) is 14.4 Å². The van der Waals surface area contributed by atoms with Gasteiger partial charge in [0.25, 0.3) is 11.8 Å². The molecular formula is C16H17NO4. The van der Waals surface area contributed by atoms with Crippen molar-refractivity contribution in [3.05, 3.63) is 54.6 Å². The van der Waals surface area contributed by atoms with Crippen molar-refractivity contribution in [3.63, 3.8) is 0 Å². The lowest BCUT2D eigenvalue weighted by Crippen LogP contribution is -2.29. The molecule has 0 bridgehead atoms. The van der Waals surface area contributed by atoms with E-state index >= 15 is 0 Å². The van der Waals surface area contributed by atoms with Gasteiger partial charge < -0.3 is 5.11 Å². The maximum Gasteiger partial charge on any atom is 0.330 e. The maximum absolute atomic E-state index is 11.2. The van der Waals surface area contributed by atoms with Gasteiger partial charge in [-0.2, -0.15) is 0 Å². The van der Waals surface area contributed by atoms with E-state index in [9.17, 15) is 14.4 Å². The van der Waals surface area contributed by atoms with Gasteiger partial charge >= 0.3 is 5.97 Å². The highest BCUT2D eigenvalue weighted by Gasteiger charge is 2.24. The number of nitrogens with zero attached hydrogens (tertiary/aromatic N) is 1. The summed E-state index contributed by atoms with van der Waals surface area (Å²) in [6, 6.07) is 8.86. The van der Waals surface area contributed by atoms with Crippen molar-refractivity contribution in [3.8, 4) is 0 Å². The molecule has 5 nitrogen and oxygen atoms in total. The van der Waals surface area contributed by atoms with Gasteiger partial charge in [0.1, 0.15) is 0 Å². The number of anilines is 1. The predicted molar refractivity (Wildman–Crippen MR) is 79.8 cm³/mol. The molecule has 0 fully saturated rings. The van der Waals surface area contributed by atoms with Gasteiger partial charge in [-0.1, -0.05) is 38.1 Å². The summed E-state index contributed by atoms with van der Waals surface area (Å²) in [6.07, 6.45) is 3.99. The number of rotatable bonds is 4. The Balaban J connectivity index is 0.000000240. The lowest BCUT2D eigenvalue weighted by atomic mass is 10.2. The Bertz CT molecular complexity index is 557. The Hall–Kier alpha value is -2.69. The molecule has 1 aliphatic rings. The summed E-state index contributed by atoms with van der Waals surface area (Å²) in [5.74, 6) is -1.45. The first-order valence-electron chi connectivity index (χ1n) is 6.49. The zero-order chi connectivity index (χ0) is 15.8. The molecule has 0 radical (unpaired) electrons. The van der Waals surface area contributed by atoms with Gasteiger partial charge in [-0.15, -0.1) is 0 Å². The third kappa shape index (κ3) is 4.72. The van der Waals surface area contributed by atoms with Crippen LogP contribution in [-0.4, -0.2) is 22.9 Å². The number of carbonyl (C=O) groups is 3. The van der Waals surface area contributed by atoms with Gasteiger partial charge in [0.2, 0.25) is 0 Å². The number of carbonyl (C=O) groups excluding carboxylic acids is 2. The molecule has 1 N–H and O–H groups in total. The average Bonchev–Trinajstić information content (AvgIpc) is 2.80. The van der Waals surface area contributed by atoms with Crippen LogP contribution in [0.3, 0.4) is 0 Å². The highest BCUT2D eigenvalue weighted by molar-refractivity contribution is 6.28. The zero-order valence-corrected chi connectivity index (χ0v) is 11.8. The monoisotopic (exact) mass is 287 g/mol. The van der Waals surface area contributed by atoms with E-state index < -0.39 is 5.97 Å². The number of amides is 2. The second kappa shape index (κ2) is 7.79. The van der Waals surface area contributed by atoms with Crippen LogP contribution in [0.4, 0.5) is 5.69 Å². The molecule has 1 aliphatic heterocycles. The molecule has 2 amide bonds. The first-order valence-corrected chi connectivity index (χ1v) is 6.49. The molecule has 1 aromatic carbocycles. The zero-order valence-electron chi connectivity index (χ0n) is 11.8. The topological polar surface area (TPSA) is 74.7 Å². The van der Waals surface area contributed by atoms with Gasteiger partial charge in [0, 0.05) is 17.7 Å². The third-order valence-electron chi connectivity index (χ3n) is 2.68. The van der Waals surface area contributed by atoms with Crippen LogP contribution in [0.15, 0.2) is 54.6 Å². The SMILES string of the molecule is C=C(CCC)C(=O)O.O=C1C=CC(=O)N1c1ccccc1. The van der Waals surface area contributed by atoms with Crippen molar-refractivity contribution in [2.24, 2.45) is 0 Å². The van der Waals surface area contributed by atoms with E-state index in [0.29, 0.717) is 17.7 Å². The Kier molecular flexibility index (Phi) is 6.07. The van der Waals surface area contributed by atoms with Crippen LogP contribution >= 0.6 is 0 Å². The second-order valence-electron chi connectivity index (χ2n) is 4.34. The minimum Gasteiger partial charge on any atom is -0.478 e. The Labute approximate surface area is 123 Å². The standard InChI is InChI=1S/C10H7NO2.C6H10O2/c12-9-6-7-10(13)11(9)8-4-2-1-3-5-8;1-3-4-5(2)6(7)8/h1-7H;2-4H2,1H3,(H,7,8). The van der Waals surface area contributed by atoms with Gasteiger partial charge in [-0.05, 0) is 18.6 Å². The van der Waals surface area contributed by atoms with Crippen molar-refractivity contribution in [1.29, 1.82) is 0 Å². The predicted octanol–water partition coefficient (Wildman–Crippen LogP) is 2.54. The average molecular weight is 287 g/mol. The lowest BCUT2D eigenvalue weighted by Gasteiger charge is -2.12. The fraction of sp³-hybridized carbons (Fsp3) is 0.188. The molecule has 0 saturated heterocycles. The number of benzene rings is 1. The normalized spacial score (nSPS) is 12.9. The van der Waals surface area contributed by atoms with Crippen LogP contribution in [0.25, 0.3) is 0 Å². The van der Waals surface area contributed by atoms with Crippen molar-refractivity contribution in [2.45, 2.75) is 19.8 Å². The van der Waals surface area contributed by atoms with Crippen LogP contribution in [0, 0.1) is 0 Å². The molecule has 1 aromatic rings. The van der Waals surface area contributed by atoms with E-state index in [1.165, 1.54) is 12.2 Å². The van der Waals surface area contributed by atoms with Crippen LogP contribution in [0.1, 0.15) is 19.8 Å². The number of hydrogen-bond acceptors (Lipinski definition) is 3. The maximum atomic E-state index is 11.2. The van der Waals surface area contributed by atoms with Crippen molar-refractivity contribution in [2.75, 3.05) is 4.90 Å². The summed E-state index contributed by atoms with van der Waals surface area (Å²) in [5, 5.41) is 8.21. The Morgan fingerprint density at radius 1 is 1.14 bits per heavy atom. The minimum atomic E-state index is -0.883. The van der Waals surface area contributed by atoms with E-state index in [-0.39, 0.29) is 11.8 Å². The number of hydrogen-bond donors (Lipinski definition) is 1. The lowest BCUT2D eigenvalue weighted by molar-refractivity contribution is -0.132. The van der Waals surface area contributed by atoms with E-state index in [1.54, 1.807) is 24.3 Å². The molecule has 110 valence electrons. The summed E-state index contributed by atoms with van der Waals surface area (Å²) in [5.41, 5.74) is 0.912. The number of carboxylic acids is 1. The molecule has 0 aromatic heterocycles. The van der Waals surface area contributed by atoms with Crippen molar-refractivity contribution < 1.29 is 19.5 Å². The molecule has 5 heteroatoms. The largest absolute Gasteiger partial charge is 0.478 e. The van der Waals surface area contributed by atoms with Gasteiger partial charge in [0.05, 0.1) is 5.69 Å². The van der Waals surface area contributed by atoms with Gasteiger partial charge in [-0.25, -0.2) is 9.69 Å². The Morgan fingerprint density at radius 3 is 2.05 bits per heavy atom. The molecule has 0 aliphatic carbocycles. The molecule has 0 saturated carbocycles. The quantitative estimate of drug-likeness (QED) is 0.682. The Morgan fingerprint density at radius 2 is 1.67 bits per heavy atom. The molecule has 0 atom stereocenters. The summed E-state index contributed by atoms with van der Waals surface area (Å²) in [6.45, 7) is 5.27. The summed E-state index contributed by atoms with van der Waals surface area (Å²) in [4.78, 5) is 33.5. The van der Waals surface area contributed by atoms with Gasteiger partial charge in [-0.3, -0.25) is 9.59 Å². The van der Waals surface area contributed by atoms with Crippen LogP contribution in [0.5, 0.6) is 0 Å². The summed E-state index contributed by atoms with van der Waals surface area (Å²) >= 11 is 0. The smallest absolute Gasteiger partial charge is 0.330 e. The number of imide groups is 1. The van der Waals surface area contributed by atoms with Crippen LogP contribution in [0.2, 0.25) is 0 Å². The number of aliphatic carboxylic acids is 1. The highest BCUT2D eigenvalue weighted by Crippen LogP contribution is 2.17. The number of para-hydroxylation sites is 1. The van der Waals surface area contributed by atoms with Crippen molar-refractivity contribution in [1.82, 2.24) is 0 Å². The van der Waals surface area contributed by atoms with E-state index in [1.807, 2.05) is 13.0 Å². The number of carboxylic acid groups (broad SMARTS) is 1. The van der Waals surface area contributed by atoms with Gasteiger partial charge in [0.15, 0.2) is 0 Å². The molecular weight excluding hydrogens is 270 g/mol. The molecule has 21 heavy (non-hydrogen) atoms. The highest BCUT2D eigenvalue weighted by atomic mass is 16.4. The van der Waals surface area contributed by atoms with Crippen molar-refractivity contribution >= 4 is 23.5 Å². The summed E-state index contributed by atoms with van der Waals surface area (Å²) < 4.78 is 0. The first kappa shape index (κ1) is 16.4. The summed E-state index contributed by atoms with van der Waals surface area (Å²) in [7, 11) is 0. The first-order chi connectivity index (χ1) is 9.97. The van der Waals surface area contributed by atoms with E-state index in [0.717, 1.165) is 11.3 Å². The second-order valence-corrected chi connectivity index (χ2v) is 4.34. The fourth-order valence-corrected chi connectivity index (χ4v) is 1.64. The molecule has 2 rings (SSSR count). The molecule has 1 heterocycles. The minimum absolute atomic E-state index is 0.281. The fourth-order valence-electron chi connectivity index (χ4n) is 1.64. The molecule has 0 spiro atoms. The van der Waals surface area contributed by atoms with Crippen LogP contribution < -0.4 is 4.90 Å².